The highest BCUT2D eigenvalue weighted by Gasteiger charge is 2.18. The van der Waals surface area contributed by atoms with Crippen LogP contribution in [0, 0.1) is 18.3 Å². The predicted molar refractivity (Wildman–Crippen MR) is 105 cm³/mol. The molecule has 2 rings (SSSR count). The molecule has 0 saturated carbocycles. The van der Waals surface area contributed by atoms with Crippen molar-refractivity contribution in [1.82, 2.24) is 9.80 Å². The summed E-state index contributed by atoms with van der Waals surface area (Å²) >= 11 is 0. The van der Waals surface area contributed by atoms with Gasteiger partial charge < -0.3 is 14.4 Å². The topological polar surface area (TPSA) is 65.8 Å². The molecule has 0 aliphatic carbocycles. The van der Waals surface area contributed by atoms with E-state index in [2.05, 4.69) is 36.9 Å². The van der Waals surface area contributed by atoms with Gasteiger partial charge in [-0.3, -0.25) is 9.69 Å². The van der Waals surface area contributed by atoms with Crippen molar-refractivity contribution in [2.45, 2.75) is 33.1 Å². The number of nitriles is 1. The smallest absolute Gasteiger partial charge is 0.260 e. The minimum atomic E-state index is -0.0743. The molecule has 0 aromatic heterocycles. The van der Waals surface area contributed by atoms with Crippen LogP contribution in [0.2, 0.25) is 0 Å². The molecule has 0 N–H and O–H groups in total. The Morgan fingerprint density at radius 1 is 1.33 bits per heavy atom. The van der Waals surface area contributed by atoms with E-state index >= 15 is 0 Å². The maximum atomic E-state index is 12.7. The summed E-state index contributed by atoms with van der Waals surface area (Å²) in [5, 5.41) is 8.90. The molecule has 1 aromatic carbocycles. The van der Waals surface area contributed by atoms with Crippen LogP contribution in [0.15, 0.2) is 18.2 Å². The molecule has 1 fully saturated rings. The normalized spacial score (nSPS) is 14.8. The van der Waals surface area contributed by atoms with Crippen LogP contribution in [0.5, 0.6) is 5.75 Å². The fourth-order valence-electron chi connectivity index (χ4n) is 3.11. The number of benzene rings is 1. The molecule has 1 aliphatic rings. The van der Waals surface area contributed by atoms with Crippen molar-refractivity contribution in [2.24, 2.45) is 0 Å². The number of hydrogen-bond acceptors (Lipinski definition) is 5. The molecule has 6 nitrogen and oxygen atoms in total. The number of aryl methyl sites for hydroxylation is 1. The molecule has 6 heteroatoms. The highest BCUT2D eigenvalue weighted by molar-refractivity contribution is 5.77. The summed E-state index contributed by atoms with van der Waals surface area (Å²) in [5.74, 6) is 1.02. The number of hydrogen-bond donors (Lipinski definition) is 0. The summed E-state index contributed by atoms with van der Waals surface area (Å²) in [7, 11) is 0. The number of amides is 1. The molecular weight excluding hydrogens is 342 g/mol. The van der Waals surface area contributed by atoms with Gasteiger partial charge in [-0.05, 0) is 30.0 Å². The number of ether oxygens (including phenoxy) is 2. The molecule has 27 heavy (non-hydrogen) atoms. The Kier molecular flexibility index (Phi) is 8.56. The number of morpholine rings is 1. The zero-order chi connectivity index (χ0) is 19.6. The summed E-state index contributed by atoms with van der Waals surface area (Å²) in [6.07, 6.45) is 0.330. The van der Waals surface area contributed by atoms with E-state index in [9.17, 15) is 4.79 Å². The molecular formula is C21H31N3O3. The quantitative estimate of drug-likeness (QED) is 0.666. The van der Waals surface area contributed by atoms with Crippen molar-refractivity contribution in [3.8, 4) is 11.8 Å². The van der Waals surface area contributed by atoms with E-state index in [-0.39, 0.29) is 12.5 Å². The van der Waals surface area contributed by atoms with Gasteiger partial charge in [-0.2, -0.15) is 5.26 Å². The first-order valence-electron chi connectivity index (χ1n) is 9.69. The van der Waals surface area contributed by atoms with E-state index in [0.717, 1.165) is 49.7 Å². The average Bonchev–Trinajstić information content (AvgIpc) is 2.66. The van der Waals surface area contributed by atoms with Crippen molar-refractivity contribution < 1.29 is 14.3 Å². The maximum Gasteiger partial charge on any atom is 0.260 e. The molecule has 1 saturated heterocycles. The zero-order valence-electron chi connectivity index (χ0n) is 16.7. The Labute approximate surface area is 162 Å². The molecule has 1 amide bonds. The summed E-state index contributed by atoms with van der Waals surface area (Å²) in [5.41, 5.74) is 2.21. The van der Waals surface area contributed by atoms with Crippen LogP contribution in [0.1, 0.15) is 37.3 Å². The molecule has 1 aromatic rings. The second-order valence-corrected chi connectivity index (χ2v) is 7.23. The van der Waals surface area contributed by atoms with Crippen LogP contribution >= 0.6 is 0 Å². The molecule has 0 atom stereocenters. The highest BCUT2D eigenvalue weighted by Crippen LogP contribution is 2.27. The van der Waals surface area contributed by atoms with E-state index in [1.54, 1.807) is 4.90 Å². The molecule has 0 spiro atoms. The number of rotatable bonds is 9. The van der Waals surface area contributed by atoms with Gasteiger partial charge in [-0.1, -0.05) is 26.0 Å². The Morgan fingerprint density at radius 2 is 2.07 bits per heavy atom. The van der Waals surface area contributed by atoms with Gasteiger partial charge in [0.1, 0.15) is 5.75 Å². The molecule has 1 heterocycles. The van der Waals surface area contributed by atoms with E-state index in [1.807, 2.05) is 13.0 Å². The third-order valence-electron chi connectivity index (χ3n) is 4.78. The lowest BCUT2D eigenvalue weighted by molar-refractivity contribution is -0.133. The summed E-state index contributed by atoms with van der Waals surface area (Å²) in [4.78, 5) is 16.7. The SMILES string of the molecule is Cc1ccc(C(C)C)c(OCC(=O)N(CCC#N)CCN2CCOCC2)c1. The number of nitrogens with zero attached hydrogens (tertiary/aromatic N) is 3. The number of carbonyl (C=O) groups excluding carboxylic acids is 1. The molecule has 0 bridgehead atoms. The van der Waals surface area contributed by atoms with Gasteiger partial charge >= 0.3 is 0 Å². The van der Waals surface area contributed by atoms with Crippen molar-refractivity contribution in [1.29, 1.82) is 5.26 Å². The monoisotopic (exact) mass is 373 g/mol. The first-order chi connectivity index (χ1) is 13.0. The van der Waals surface area contributed by atoms with Gasteiger partial charge in [0.2, 0.25) is 0 Å². The number of carbonyl (C=O) groups is 1. The lowest BCUT2D eigenvalue weighted by atomic mass is 10.0. The van der Waals surface area contributed by atoms with Gasteiger partial charge in [0, 0.05) is 32.7 Å². The largest absolute Gasteiger partial charge is 0.483 e. The van der Waals surface area contributed by atoms with Gasteiger partial charge in [0.25, 0.3) is 5.91 Å². The maximum absolute atomic E-state index is 12.7. The van der Waals surface area contributed by atoms with Crippen molar-refractivity contribution in [3.63, 3.8) is 0 Å². The molecule has 0 radical (unpaired) electrons. The average molecular weight is 373 g/mol. The third kappa shape index (κ3) is 6.85. The van der Waals surface area contributed by atoms with E-state index in [1.165, 1.54) is 0 Å². The molecule has 0 unspecified atom stereocenters. The zero-order valence-corrected chi connectivity index (χ0v) is 16.7. The second kappa shape index (κ2) is 10.9. The van der Waals surface area contributed by atoms with Gasteiger partial charge in [0.15, 0.2) is 6.61 Å². The summed E-state index contributed by atoms with van der Waals surface area (Å²) < 4.78 is 11.2. The summed E-state index contributed by atoms with van der Waals surface area (Å²) in [6.45, 7) is 11.3. The van der Waals surface area contributed by atoms with Crippen molar-refractivity contribution >= 4 is 5.91 Å². The Bertz CT molecular complexity index is 649. The summed E-state index contributed by atoms with van der Waals surface area (Å²) in [6, 6.07) is 8.23. The van der Waals surface area contributed by atoms with Gasteiger partial charge in [-0.25, -0.2) is 0 Å². The fraction of sp³-hybridized carbons (Fsp3) is 0.619. The van der Waals surface area contributed by atoms with Crippen LogP contribution in [-0.2, 0) is 9.53 Å². The molecule has 1 aliphatic heterocycles. The van der Waals surface area contributed by atoms with Crippen LogP contribution in [-0.4, -0.2) is 68.3 Å². The Balaban J connectivity index is 1.94. The Morgan fingerprint density at radius 3 is 2.74 bits per heavy atom. The van der Waals surface area contributed by atoms with Crippen LogP contribution in [0.25, 0.3) is 0 Å². The lowest BCUT2D eigenvalue weighted by Gasteiger charge is -2.30. The van der Waals surface area contributed by atoms with E-state index in [0.29, 0.717) is 25.4 Å². The first kappa shape index (κ1) is 21.2. The molecule has 148 valence electrons. The van der Waals surface area contributed by atoms with Crippen molar-refractivity contribution in [2.75, 3.05) is 52.5 Å². The minimum absolute atomic E-state index is 0.00227. The van der Waals surface area contributed by atoms with Crippen LogP contribution in [0.3, 0.4) is 0 Å². The van der Waals surface area contributed by atoms with E-state index in [4.69, 9.17) is 14.7 Å². The highest BCUT2D eigenvalue weighted by atomic mass is 16.5. The van der Waals surface area contributed by atoms with Crippen LogP contribution < -0.4 is 4.74 Å². The van der Waals surface area contributed by atoms with Gasteiger partial charge in [-0.15, -0.1) is 0 Å². The second-order valence-electron chi connectivity index (χ2n) is 7.23. The predicted octanol–water partition coefficient (Wildman–Crippen LogP) is 2.57. The standard InChI is InChI=1S/C21H31N3O3/c1-17(2)19-6-5-18(3)15-20(19)27-16-21(25)24(8-4-7-22)10-9-23-11-13-26-14-12-23/h5-6,15,17H,4,8-14,16H2,1-3H3. The third-order valence-corrected chi connectivity index (χ3v) is 4.78. The lowest BCUT2D eigenvalue weighted by Crippen LogP contribution is -2.44. The first-order valence-corrected chi connectivity index (χ1v) is 9.69. The van der Waals surface area contributed by atoms with Crippen molar-refractivity contribution in [3.05, 3.63) is 29.3 Å². The van der Waals surface area contributed by atoms with E-state index < -0.39 is 0 Å². The van der Waals surface area contributed by atoms with Gasteiger partial charge in [0.05, 0.1) is 25.7 Å². The fourth-order valence-corrected chi connectivity index (χ4v) is 3.11. The minimum Gasteiger partial charge on any atom is -0.483 e. The van der Waals surface area contributed by atoms with Crippen LogP contribution in [0.4, 0.5) is 0 Å². The Hall–Kier alpha value is -2.10.